The van der Waals surface area contributed by atoms with E-state index in [2.05, 4.69) is 9.97 Å². The van der Waals surface area contributed by atoms with E-state index in [1.165, 1.54) is 0 Å². The summed E-state index contributed by atoms with van der Waals surface area (Å²) in [6, 6.07) is 14.0. The van der Waals surface area contributed by atoms with Gasteiger partial charge in [-0.05, 0) is 30.3 Å². The van der Waals surface area contributed by atoms with Crippen LogP contribution in [0.3, 0.4) is 0 Å². The van der Waals surface area contributed by atoms with Gasteiger partial charge in [0.05, 0.1) is 19.0 Å². The zero-order valence-electron chi connectivity index (χ0n) is 12.6. The lowest BCUT2D eigenvalue weighted by atomic mass is 10.2. The molecule has 0 amide bonds. The van der Waals surface area contributed by atoms with Crippen molar-refractivity contribution < 1.29 is 18.7 Å². The van der Waals surface area contributed by atoms with Gasteiger partial charge in [0.15, 0.2) is 0 Å². The van der Waals surface area contributed by atoms with E-state index in [4.69, 9.17) is 13.6 Å². The highest BCUT2D eigenvalue weighted by atomic mass is 31.2. The summed E-state index contributed by atoms with van der Waals surface area (Å²) in [4.78, 5) is 8.00. The zero-order valence-corrected chi connectivity index (χ0v) is 13.5. The summed E-state index contributed by atoms with van der Waals surface area (Å²) >= 11 is 0. The zero-order chi connectivity index (χ0) is 16.6. The van der Waals surface area contributed by atoms with Crippen molar-refractivity contribution in [1.82, 2.24) is 9.97 Å². The minimum absolute atomic E-state index is 0.152. The number of hydrogen-bond acceptors (Lipinski definition) is 6. The fraction of sp³-hybridized carbons (Fsp3) is 0.0588. The van der Waals surface area contributed by atoms with Gasteiger partial charge in [-0.3, -0.25) is 14.5 Å². The average Bonchev–Trinajstić information content (AvgIpc) is 2.62. The van der Waals surface area contributed by atoms with Crippen LogP contribution >= 0.6 is 8.60 Å². The van der Waals surface area contributed by atoms with Crippen molar-refractivity contribution in [1.29, 1.82) is 0 Å². The van der Waals surface area contributed by atoms with E-state index in [-0.39, 0.29) is 12.4 Å². The fourth-order valence-corrected chi connectivity index (χ4v) is 2.75. The topological polar surface area (TPSA) is 73.7 Å². The minimum atomic E-state index is -1.74. The van der Waals surface area contributed by atoms with Gasteiger partial charge in [0.2, 0.25) is 0 Å². The minimum Gasteiger partial charge on any atom is -0.508 e. The molecule has 0 atom stereocenters. The third kappa shape index (κ3) is 4.65. The summed E-state index contributed by atoms with van der Waals surface area (Å²) in [5.74, 6) is 1.23. The van der Waals surface area contributed by atoms with Crippen LogP contribution in [0, 0.1) is 0 Å². The first kappa shape index (κ1) is 16.2. The van der Waals surface area contributed by atoms with Crippen LogP contribution < -0.4 is 9.05 Å². The van der Waals surface area contributed by atoms with Crippen LogP contribution in [-0.2, 0) is 11.1 Å². The van der Waals surface area contributed by atoms with Gasteiger partial charge in [0.1, 0.15) is 17.2 Å². The van der Waals surface area contributed by atoms with Crippen LogP contribution in [0.5, 0.6) is 17.2 Å². The second kappa shape index (κ2) is 8.24. The Morgan fingerprint density at radius 2 is 1.46 bits per heavy atom. The molecule has 1 N–H and O–H groups in total. The van der Waals surface area contributed by atoms with Gasteiger partial charge in [0, 0.05) is 18.0 Å². The standard InChI is InChI=1S/C17H15N2O4P/c20-17-8-2-1-5-14(17)13-21-24(22-15-6-3-9-18-11-15)23-16-7-4-10-19-12-16/h1-12,20H,13H2. The number of nitrogens with zero attached hydrogens (tertiary/aromatic N) is 2. The normalized spacial score (nSPS) is 10.5. The fourth-order valence-electron chi connectivity index (χ4n) is 1.80. The number of phenolic OH excluding ortho intramolecular Hbond substituents is 1. The Labute approximate surface area is 140 Å². The molecule has 0 saturated heterocycles. The maximum absolute atomic E-state index is 9.83. The van der Waals surface area contributed by atoms with Gasteiger partial charge < -0.3 is 14.2 Å². The molecule has 6 nitrogen and oxygen atoms in total. The van der Waals surface area contributed by atoms with Crippen molar-refractivity contribution in [3.05, 3.63) is 78.9 Å². The molecular formula is C17H15N2O4P. The number of pyridine rings is 2. The summed E-state index contributed by atoms with van der Waals surface area (Å²) < 4.78 is 17.2. The number of benzene rings is 1. The predicted octanol–water partition coefficient (Wildman–Crippen LogP) is 4.08. The van der Waals surface area contributed by atoms with Gasteiger partial charge in [0.25, 0.3) is 0 Å². The largest absolute Gasteiger partial charge is 0.508 e. The molecule has 0 unspecified atom stereocenters. The summed E-state index contributed by atoms with van der Waals surface area (Å²) in [6.45, 7) is 0.152. The molecule has 2 aromatic heterocycles. The molecule has 3 aromatic rings. The molecule has 0 spiro atoms. The summed E-state index contributed by atoms with van der Waals surface area (Å²) in [5, 5.41) is 9.83. The number of phenols is 1. The van der Waals surface area contributed by atoms with Crippen molar-refractivity contribution in [2.24, 2.45) is 0 Å². The van der Waals surface area contributed by atoms with E-state index in [9.17, 15) is 5.11 Å². The first-order valence-electron chi connectivity index (χ1n) is 7.17. The molecule has 24 heavy (non-hydrogen) atoms. The van der Waals surface area contributed by atoms with Crippen LogP contribution in [0.15, 0.2) is 73.3 Å². The van der Waals surface area contributed by atoms with E-state index in [1.807, 2.05) is 6.07 Å². The Balaban J connectivity index is 1.70. The number of para-hydroxylation sites is 1. The molecule has 0 aliphatic rings. The van der Waals surface area contributed by atoms with Gasteiger partial charge in [-0.1, -0.05) is 18.2 Å². The lowest BCUT2D eigenvalue weighted by Gasteiger charge is -2.17. The highest BCUT2D eigenvalue weighted by Crippen LogP contribution is 2.42. The Bertz CT molecular complexity index is 717. The smallest absolute Gasteiger partial charge is 0.463 e. The van der Waals surface area contributed by atoms with E-state index in [1.54, 1.807) is 67.3 Å². The van der Waals surface area contributed by atoms with Crippen LogP contribution in [0.1, 0.15) is 5.56 Å². The Morgan fingerprint density at radius 3 is 2.00 bits per heavy atom. The number of aromatic hydroxyl groups is 1. The maximum Gasteiger partial charge on any atom is 0.463 e. The molecule has 0 saturated carbocycles. The first-order valence-corrected chi connectivity index (χ1v) is 8.27. The monoisotopic (exact) mass is 342 g/mol. The molecule has 0 fully saturated rings. The summed E-state index contributed by atoms with van der Waals surface area (Å²) in [5.41, 5.74) is 0.648. The van der Waals surface area contributed by atoms with Gasteiger partial charge >= 0.3 is 8.60 Å². The second-order valence-electron chi connectivity index (χ2n) is 4.69. The number of hydrogen-bond donors (Lipinski definition) is 1. The molecule has 0 bridgehead atoms. The Morgan fingerprint density at radius 1 is 0.833 bits per heavy atom. The molecule has 0 radical (unpaired) electrons. The van der Waals surface area contributed by atoms with Gasteiger partial charge in [-0.25, -0.2) is 0 Å². The van der Waals surface area contributed by atoms with Crippen molar-refractivity contribution in [2.75, 3.05) is 0 Å². The van der Waals surface area contributed by atoms with E-state index in [0.29, 0.717) is 17.1 Å². The summed E-state index contributed by atoms with van der Waals surface area (Å²) in [7, 11) is -1.74. The highest BCUT2D eigenvalue weighted by molar-refractivity contribution is 7.42. The highest BCUT2D eigenvalue weighted by Gasteiger charge is 2.18. The Hall–Kier alpha value is -2.69. The predicted molar refractivity (Wildman–Crippen MR) is 89.5 cm³/mol. The molecule has 2 heterocycles. The molecular weight excluding hydrogens is 327 g/mol. The first-order chi connectivity index (χ1) is 11.8. The van der Waals surface area contributed by atoms with Crippen LogP contribution in [0.2, 0.25) is 0 Å². The summed E-state index contributed by atoms with van der Waals surface area (Å²) in [6.07, 6.45) is 6.45. The van der Waals surface area contributed by atoms with Crippen molar-refractivity contribution in [3.63, 3.8) is 0 Å². The lowest BCUT2D eigenvalue weighted by molar-refractivity contribution is 0.252. The van der Waals surface area contributed by atoms with E-state index >= 15 is 0 Å². The second-order valence-corrected chi connectivity index (χ2v) is 5.76. The van der Waals surface area contributed by atoms with Crippen molar-refractivity contribution in [2.45, 2.75) is 6.61 Å². The van der Waals surface area contributed by atoms with Crippen molar-refractivity contribution in [3.8, 4) is 17.2 Å². The molecule has 7 heteroatoms. The quantitative estimate of drug-likeness (QED) is 0.652. The maximum atomic E-state index is 9.83. The lowest BCUT2D eigenvalue weighted by Crippen LogP contribution is -2.01. The number of rotatable bonds is 7. The SMILES string of the molecule is Oc1ccccc1COP(Oc1cccnc1)Oc1cccnc1. The molecule has 0 aliphatic heterocycles. The van der Waals surface area contributed by atoms with Crippen molar-refractivity contribution >= 4 is 8.60 Å². The van der Waals surface area contributed by atoms with Crippen LogP contribution in [0.4, 0.5) is 0 Å². The van der Waals surface area contributed by atoms with Gasteiger partial charge in [-0.15, -0.1) is 0 Å². The van der Waals surface area contributed by atoms with E-state index in [0.717, 1.165) is 0 Å². The van der Waals surface area contributed by atoms with E-state index < -0.39 is 8.60 Å². The average molecular weight is 342 g/mol. The molecule has 3 rings (SSSR count). The van der Waals surface area contributed by atoms with Crippen LogP contribution in [0.25, 0.3) is 0 Å². The Kier molecular flexibility index (Phi) is 5.56. The van der Waals surface area contributed by atoms with Gasteiger partial charge in [-0.2, -0.15) is 0 Å². The molecule has 122 valence electrons. The van der Waals surface area contributed by atoms with Crippen LogP contribution in [-0.4, -0.2) is 15.1 Å². The third-order valence-corrected chi connectivity index (χ3v) is 4.01. The third-order valence-electron chi connectivity index (χ3n) is 2.95. The molecule has 0 aliphatic carbocycles. The molecule has 1 aromatic carbocycles. The number of aromatic nitrogens is 2.